The molecule has 0 saturated carbocycles. The molecule has 0 aliphatic carbocycles. The van der Waals surface area contributed by atoms with Crippen LogP contribution in [0, 0.1) is 0 Å². The number of allylic oxidation sites excluding steroid dienone is 1. The quantitative estimate of drug-likeness (QED) is 0.0938. The number of benzene rings is 2. The zero-order valence-electron chi connectivity index (χ0n) is 22.6. The number of carbonyl (C=O) groups is 1. The second-order valence-corrected chi connectivity index (χ2v) is 17.4. The Bertz CT molecular complexity index is 1610. The minimum atomic E-state index is -1.26. The van der Waals surface area contributed by atoms with E-state index in [1.807, 2.05) is 47.8 Å². The highest BCUT2D eigenvalue weighted by atomic mass is 35.5. The summed E-state index contributed by atoms with van der Waals surface area (Å²) in [6, 6.07) is 13.6. The first-order chi connectivity index (χ1) is 17.9. The van der Waals surface area contributed by atoms with Crippen molar-refractivity contribution in [3.05, 3.63) is 80.7 Å². The number of aromatic nitrogens is 2. The molecular weight excluding hydrogens is 537 g/mol. The number of pyridine rings is 1. The normalized spacial score (nSPS) is 12.2. The molecule has 0 atom stereocenters. The highest BCUT2D eigenvalue weighted by molar-refractivity contribution is 6.76. The smallest absolute Gasteiger partial charge is 0.259 e. The molecule has 0 unspecified atom stereocenters. The number of ketones is 1. The summed E-state index contributed by atoms with van der Waals surface area (Å²) in [5, 5.41) is 2.60. The van der Waals surface area contributed by atoms with Gasteiger partial charge in [-0.25, -0.2) is 0 Å². The van der Waals surface area contributed by atoms with E-state index in [0.717, 1.165) is 28.0 Å². The lowest BCUT2D eigenvalue weighted by molar-refractivity contribution is 0.0922. The molecule has 6 nitrogen and oxygen atoms in total. The number of carbonyl (C=O) groups excluding carboxylic acids is 1. The fourth-order valence-electron chi connectivity index (χ4n) is 4.39. The van der Waals surface area contributed by atoms with Crippen LogP contribution in [-0.2, 0) is 18.5 Å². The number of fused-ring (bicyclic) bond motifs is 3. The van der Waals surface area contributed by atoms with E-state index in [2.05, 4.69) is 19.6 Å². The van der Waals surface area contributed by atoms with Crippen molar-refractivity contribution in [1.82, 2.24) is 14.0 Å². The van der Waals surface area contributed by atoms with Crippen LogP contribution < -0.4 is 5.56 Å². The van der Waals surface area contributed by atoms with Crippen LogP contribution in [0.2, 0.25) is 35.7 Å². The first-order valence-corrected chi connectivity index (χ1v) is 16.9. The molecule has 0 saturated heterocycles. The van der Waals surface area contributed by atoms with Crippen LogP contribution in [0.3, 0.4) is 0 Å². The van der Waals surface area contributed by atoms with Gasteiger partial charge in [-0.1, -0.05) is 48.9 Å². The third kappa shape index (κ3) is 5.91. The van der Waals surface area contributed by atoms with Crippen LogP contribution in [-0.4, -0.2) is 48.6 Å². The van der Waals surface area contributed by atoms with Crippen LogP contribution in [0.4, 0.5) is 0 Å². The summed E-state index contributed by atoms with van der Waals surface area (Å²) in [4.78, 5) is 28.3. The Labute approximate surface area is 234 Å². The maximum atomic E-state index is 13.6. The van der Waals surface area contributed by atoms with Crippen LogP contribution in [0.1, 0.15) is 10.4 Å². The predicted molar refractivity (Wildman–Crippen MR) is 161 cm³/mol. The molecule has 0 amide bonds. The number of hydrogen-bond acceptors (Lipinski definition) is 4. The zero-order chi connectivity index (χ0) is 27.8. The maximum Gasteiger partial charge on any atom is 0.259 e. The largest absolute Gasteiger partial charge is 0.383 e. The Kier molecular flexibility index (Phi) is 8.23. The summed E-state index contributed by atoms with van der Waals surface area (Å²) >= 11 is 12.6. The molecule has 0 N–H and O–H groups in total. The molecule has 0 aliphatic heterocycles. The van der Waals surface area contributed by atoms with E-state index in [1.54, 1.807) is 42.1 Å². The standard InChI is InChI=1S/C29H33Cl2N3O3Si/c1-32(2)12-11-27(35)19-7-10-26-22(15-19)23-17-24(21-9-8-20(30)16-25(21)31)29(36)33(3)28(23)34(26)18-37-13-14-38(4,5)6/h7-12,15-17H,13-14,18H2,1-6H3. The molecule has 9 heteroatoms. The second-order valence-electron chi connectivity index (χ2n) is 10.9. The van der Waals surface area contributed by atoms with Gasteiger partial charge in [-0.2, -0.15) is 0 Å². The average molecular weight is 571 g/mol. The van der Waals surface area contributed by atoms with Crippen molar-refractivity contribution in [1.29, 1.82) is 0 Å². The zero-order valence-corrected chi connectivity index (χ0v) is 25.2. The molecule has 4 rings (SSSR count). The Morgan fingerprint density at radius 2 is 1.76 bits per heavy atom. The van der Waals surface area contributed by atoms with Crippen molar-refractivity contribution in [3.63, 3.8) is 0 Å². The molecule has 4 aromatic rings. The fourth-order valence-corrected chi connectivity index (χ4v) is 5.65. The van der Waals surface area contributed by atoms with Crippen molar-refractivity contribution < 1.29 is 9.53 Å². The minimum Gasteiger partial charge on any atom is -0.383 e. The molecule has 38 heavy (non-hydrogen) atoms. The molecular formula is C29H33Cl2N3O3Si. The topological polar surface area (TPSA) is 56.5 Å². The lowest BCUT2D eigenvalue weighted by atomic mass is 10.0. The van der Waals surface area contributed by atoms with Crippen LogP contribution in [0.5, 0.6) is 0 Å². The van der Waals surface area contributed by atoms with Gasteiger partial charge in [0.05, 0.1) is 10.5 Å². The molecule has 0 fully saturated rings. The fraction of sp³-hybridized carbons (Fsp3) is 0.310. The molecule has 2 heterocycles. The highest BCUT2D eigenvalue weighted by Crippen LogP contribution is 2.34. The summed E-state index contributed by atoms with van der Waals surface area (Å²) in [5.41, 5.74) is 3.06. The van der Waals surface area contributed by atoms with Gasteiger partial charge in [-0.3, -0.25) is 14.2 Å². The maximum absolute atomic E-state index is 13.6. The number of nitrogens with zero attached hydrogens (tertiary/aromatic N) is 3. The van der Waals surface area contributed by atoms with Gasteiger partial charge in [-0.15, -0.1) is 0 Å². The number of aryl methyl sites for hydroxylation is 1. The van der Waals surface area contributed by atoms with E-state index in [1.165, 1.54) is 0 Å². The average Bonchev–Trinajstić information content (AvgIpc) is 3.15. The molecule has 0 aliphatic rings. The van der Waals surface area contributed by atoms with E-state index < -0.39 is 8.07 Å². The van der Waals surface area contributed by atoms with Gasteiger partial charge < -0.3 is 14.2 Å². The van der Waals surface area contributed by atoms with Gasteiger partial charge in [0.15, 0.2) is 5.78 Å². The first kappa shape index (κ1) is 28.2. The SMILES string of the molecule is CN(C)C=CC(=O)c1ccc2c(c1)c1cc(-c3ccc(Cl)cc3Cl)c(=O)n(C)c1n2COCC[Si](C)(C)C. The number of rotatable bonds is 9. The van der Waals surface area contributed by atoms with Crippen LogP contribution in [0.15, 0.2) is 59.5 Å². The van der Waals surface area contributed by atoms with Gasteiger partial charge in [0.1, 0.15) is 12.4 Å². The van der Waals surface area contributed by atoms with Crippen molar-refractivity contribution in [2.75, 3.05) is 20.7 Å². The van der Waals surface area contributed by atoms with Crippen molar-refractivity contribution >= 4 is 59.0 Å². The lowest BCUT2D eigenvalue weighted by Gasteiger charge is -2.17. The summed E-state index contributed by atoms with van der Waals surface area (Å²) in [6.07, 6.45) is 3.28. The van der Waals surface area contributed by atoms with Gasteiger partial charge in [-0.05, 0) is 42.4 Å². The third-order valence-corrected chi connectivity index (χ3v) is 8.71. The molecule has 200 valence electrons. The number of ether oxygens (including phenoxy) is 1. The molecule has 0 spiro atoms. The van der Waals surface area contributed by atoms with Crippen molar-refractivity contribution in [2.24, 2.45) is 7.05 Å². The van der Waals surface area contributed by atoms with Gasteiger partial charge >= 0.3 is 0 Å². The van der Waals surface area contributed by atoms with E-state index >= 15 is 0 Å². The highest BCUT2D eigenvalue weighted by Gasteiger charge is 2.20. The monoisotopic (exact) mass is 569 g/mol. The van der Waals surface area contributed by atoms with Gasteiger partial charge in [0.25, 0.3) is 5.56 Å². The Balaban J connectivity index is 1.93. The molecule has 0 bridgehead atoms. The summed E-state index contributed by atoms with van der Waals surface area (Å²) < 4.78 is 9.76. The number of hydrogen-bond donors (Lipinski definition) is 0. The molecule has 2 aromatic heterocycles. The van der Waals surface area contributed by atoms with Crippen LogP contribution >= 0.6 is 23.2 Å². The Morgan fingerprint density at radius 1 is 1.03 bits per heavy atom. The Hall–Kier alpha value is -2.84. The van der Waals surface area contributed by atoms with Crippen molar-refractivity contribution in [3.8, 4) is 11.1 Å². The van der Waals surface area contributed by atoms with Gasteiger partial charge in [0, 0.05) is 80.6 Å². The Morgan fingerprint density at radius 3 is 2.42 bits per heavy atom. The van der Waals surface area contributed by atoms with E-state index in [9.17, 15) is 9.59 Å². The number of halogens is 2. The predicted octanol–water partition coefficient (Wildman–Crippen LogP) is 7.04. The third-order valence-electron chi connectivity index (χ3n) is 6.46. The van der Waals surface area contributed by atoms with E-state index in [4.69, 9.17) is 27.9 Å². The second kappa shape index (κ2) is 11.1. The lowest BCUT2D eigenvalue weighted by Crippen LogP contribution is -2.23. The first-order valence-electron chi connectivity index (χ1n) is 12.5. The van der Waals surface area contributed by atoms with Crippen LogP contribution in [0.25, 0.3) is 33.1 Å². The molecule has 0 radical (unpaired) electrons. The van der Waals surface area contributed by atoms with Crippen molar-refractivity contribution in [2.45, 2.75) is 32.4 Å². The minimum absolute atomic E-state index is 0.0984. The van der Waals surface area contributed by atoms with E-state index in [0.29, 0.717) is 40.1 Å². The summed E-state index contributed by atoms with van der Waals surface area (Å²) in [6.45, 7) is 7.88. The summed E-state index contributed by atoms with van der Waals surface area (Å²) in [7, 11) is 4.23. The summed E-state index contributed by atoms with van der Waals surface area (Å²) in [5.74, 6) is -0.0984. The van der Waals surface area contributed by atoms with Gasteiger partial charge in [0.2, 0.25) is 0 Å². The molecule has 2 aromatic carbocycles. The van der Waals surface area contributed by atoms with E-state index in [-0.39, 0.29) is 11.3 Å².